The van der Waals surface area contributed by atoms with Crippen molar-refractivity contribution in [1.82, 2.24) is 0 Å². The molecule has 0 aliphatic rings. The van der Waals surface area contributed by atoms with Gasteiger partial charge >= 0.3 is 0 Å². The van der Waals surface area contributed by atoms with Gasteiger partial charge in [-0.25, -0.2) is 0 Å². The number of ether oxygens (including phenoxy) is 2. The van der Waals surface area contributed by atoms with Gasteiger partial charge in [0.1, 0.15) is 11.5 Å². The monoisotopic (exact) mass is 259 g/mol. The normalized spacial score (nSPS) is 9.94. The Morgan fingerprint density at radius 1 is 1.31 bits per heavy atom. The molecule has 0 aliphatic carbocycles. The number of halogens is 1. The fourth-order valence-corrected chi connectivity index (χ4v) is 1.74. The fraction of sp³-hybridized carbons (Fsp3) is 0.364. The highest BCUT2D eigenvalue weighted by Crippen LogP contribution is 2.33. The zero-order chi connectivity index (χ0) is 12.1. The Morgan fingerprint density at radius 3 is 2.44 bits per heavy atom. The molecule has 0 atom stereocenters. The predicted molar refractivity (Wildman–Crippen MR) is 69.7 cm³/mol. The van der Waals surface area contributed by atoms with Crippen LogP contribution < -0.4 is 15.2 Å². The first kappa shape index (κ1) is 13.1. The van der Waals surface area contributed by atoms with E-state index in [4.69, 9.17) is 39.0 Å². The van der Waals surface area contributed by atoms with E-state index in [9.17, 15) is 0 Å². The highest BCUT2D eigenvalue weighted by Gasteiger charge is 2.09. The summed E-state index contributed by atoms with van der Waals surface area (Å²) in [5.41, 5.74) is 6.43. The molecule has 88 valence electrons. The van der Waals surface area contributed by atoms with Crippen LogP contribution in [0.3, 0.4) is 0 Å². The van der Waals surface area contributed by atoms with E-state index >= 15 is 0 Å². The summed E-state index contributed by atoms with van der Waals surface area (Å²) in [6.07, 6.45) is 1.34. The molecule has 1 aromatic carbocycles. The Labute approximate surface area is 105 Å². The fourth-order valence-electron chi connectivity index (χ4n) is 1.38. The smallest absolute Gasteiger partial charge is 0.141 e. The van der Waals surface area contributed by atoms with Crippen LogP contribution in [0.5, 0.6) is 11.5 Å². The molecule has 2 N–H and O–H groups in total. The number of rotatable bonds is 5. The standard InChI is InChI=1S/C11H14ClNO2S/c1-14-9-6-10(15-2)8(12)5-7(9)3-4-11(13)16/h5-6H,3-4H2,1-2H3,(H2,13,16). The Bertz CT molecular complexity index is 396. The van der Waals surface area contributed by atoms with Gasteiger partial charge in [-0.2, -0.15) is 0 Å². The lowest BCUT2D eigenvalue weighted by molar-refractivity contribution is 0.391. The van der Waals surface area contributed by atoms with Gasteiger partial charge in [-0.15, -0.1) is 0 Å². The molecule has 5 heteroatoms. The Kier molecular flexibility index (Phi) is 4.83. The lowest BCUT2D eigenvalue weighted by Crippen LogP contribution is -2.09. The lowest BCUT2D eigenvalue weighted by atomic mass is 10.1. The SMILES string of the molecule is COc1cc(OC)c(CCC(N)=S)cc1Cl. The van der Waals surface area contributed by atoms with Gasteiger partial charge in [0.15, 0.2) is 0 Å². The number of aryl methyl sites for hydroxylation is 1. The van der Waals surface area contributed by atoms with Gasteiger partial charge in [0.25, 0.3) is 0 Å². The van der Waals surface area contributed by atoms with Gasteiger partial charge in [0, 0.05) is 12.5 Å². The summed E-state index contributed by atoms with van der Waals surface area (Å²) in [6, 6.07) is 3.58. The molecule has 0 saturated carbocycles. The Balaban J connectivity index is 2.98. The number of benzene rings is 1. The second-order valence-corrected chi connectivity index (χ2v) is 4.20. The molecule has 0 bridgehead atoms. The van der Waals surface area contributed by atoms with E-state index in [1.165, 1.54) is 0 Å². The number of nitrogens with two attached hydrogens (primary N) is 1. The second kappa shape index (κ2) is 5.92. The maximum absolute atomic E-state index is 6.03. The zero-order valence-electron chi connectivity index (χ0n) is 9.25. The molecule has 1 rings (SSSR count). The number of hydrogen-bond donors (Lipinski definition) is 1. The molecule has 0 aromatic heterocycles. The van der Waals surface area contributed by atoms with Gasteiger partial charge in [0.2, 0.25) is 0 Å². The molecule has 0 spiro atoms. The van der Waals surface area contributed by atoms with Crippen LogP contribution in [0.1, 0.15) is 12.0 Å². The van der Waals surface area contributed by atoms with Gasteiger partial charge in [-0.1, -0.05) is 23.8 Å². The number of thiocarbonyl (C=S) groups is 1. The third kappa shape index (κ3) is 3.25. The van der Waals surface area contributed by atoms with E-state index in [2.05, 4.69) is 0 Å². The zero-order valence-corrected chi connectivity index (χ0v) is 10.8. The summed E-state index contributed by atoms with van der Waals surface area (Å²) in [6.45, 7) is 0. The van der Waals surface area contributed by atoms with E-state index < -0.39 is 0 Å². The van der Waals surface area contributed by atoms with Gasteiger partial charge in [-0.3, -0.25) is 0 Å². The molecule has 0 fully saturated rings. The number of hydrogen-bond acceptors (Lipinski definition) is 3. The molecular formula is C11H14ClNO2S. The van der Waals surface area contributed by atoms with Crippen LogP contribution in [0, 0.1) is 0 Å². The van der Waals surface area contributed by atoms with Crippen LogP contribution >= 0.6 is 23.8 Å². The van der Waals surface area contributed by atoms with Crippen molar-refractivity contribution >= 4 is 28.8 Å². The van der Waals surface area contributed by atoms with Crippen molar-refractivity contribution < 1.29 is 9.47 Å². The van der Waals surface area contributed by atoms with Crippen molar-refractivity contribution in [2.75, 3.05) is 14.2 Å². The summed E-state index contributed by atoms with van der Waals surface area (Å²) in [5.74, 6) is 1.33. The molecule has 0 aliphatic heterocycles. The van der Waals surface area contributed by atoms with Crippen molar-refractivity contribution in [3.05, 3.63) is 22.7 Å². The van der Waals surface area contributed by atoms with Crippen molar-refractivity contribution in [3.63, 3.8) is 0 Å². The van der Waals surface area contributed by atoms with Gasteiger partial charge in [0.05, 0.1) is 24.2 Å². The predicted octanol–water partition coefficient (Wildman–Crippen LogP) is 2.58. The van der Waals surface area contributed by atoms with Crippen LogP contribution in [-0.4, -0.2) is 19.2 Å². The van der Waals surface area contributed by atoms with Gasteiger partial charge in [-0.05, 0) is 18.1 Å². The third-order valence-electron chi connectivity index (χ3n) is 2.20. The van der Waals surface area contributed by atoms with Crippen molar-refractivity contribution in [1.29, 1.82) is 0 Å². The van der Waals surface area contributed by atoms with E-state index in [1.807, 2.05) is 6.07 Å². The third-order valence-corrected chi connectivity index (χ3v) is 2.70. The molecule has 1 aromatic rings. The second-order valence-electron chi connectivity index (χ2n) is 3.26. The summed E-state index contributed by atoms with van der Waals surface area (Å²) in [5, 5.41) is 0.557. The van der Waals surface area contributed by atoms with E-state index in [0.717, 1.165) is 11.3 Å². The Hall–Kier alpha value is -1.00. The van der Waals surface area contributed by atoms with Crippen molar-refractivity contribution in [3.8, 4) is 11.5 Å². The van der Waals surface area contributed by atoms with Crippen LogP contribution in [0.4, 0.5) is 0 Å². The van der Waals surface area contributed by atoms with E-state index in [-0.39, 0.29) is 0 Å². The molecule has 0 heterocycles. The molecule has 3 nitrogen and oxygen atoms in total. The minimum atomic E-state index is 0.481. The first-order valence-electron chi connectivity index (χ1n) is 4.77. The first-order valence-corrected chi connectivity index (χ1v) is 5.55. The van der Waals surface area contributed by atoms with Crippen LogP contribution in [0.25, 0.3) is 0 Å². The molecule has 0 unspecified atom stereocenters. The lowest BCUT2D eigenvalue weighted by Gasteiger charge is -2.11. The van der Waals surface area contributed by atoms with E-state index in [0.29, 0.717) is 28.6 Å². The van der Waals surface area contributed by atoms with Crippen molar-refractivity contribution in [2.45, 2.75) is 12.8 Å². The molecule has 0 amide bonds. The summed E-state index contributed by atoms with van der Waals surface area (Å²) in [7, 11) is 3.17. The first-order chi connectivity index (χ1) is 7.58. The maximum Gasteiger partial charge on any atom is 0.141 e. The Morgan fingerprint density at radius 2 is 1.94 bits per heavy atom. The van der Waals surface area contributed by atoms with E-state index in [1.54, 1.807) is 20.3 Å². The molecule has 0 saturated heterocycles. The topological polar surface area (TPSA) is 44.5 Å². The molecule has 0 radical (unpaired) electrons. The number of methoxy groups -OCH3 is 2. The minimum absolute atomic E-state index is 0.481. The summed E-state index contributed by atoms with van der Waals surface area (Å²) >= 11 is 10.9. The highest BCUT2D eigenvalue weighted by molar-refractivity contribution is 7.80. The average Bonchev–Trinajstić information content (AvgIpc) is 2.26. The maximum atomic E-state index is 6.03. The van der Waals surface area contributed by atoms with Crippen LogP contribution in [0.2, 0.25) is 5.02 Å². The van der Waals surface area contributed by atoms with Crippen molar-refractivity contribution in [2.24, 2.45) is 5.73 Å². The largest absolute Gasteiger partial charge is 0.496 e. The summed E-state index contributed by atoms with van der Waals surface area (Å²) in [4.78, 5) is 0.481. The van der Waals surface area contributed by atoms with Crippen LogP contribution in [-0.2, 0) is 6.42 Å². The minimum Gasteiger partial charge on any atom is -0.496 e. The molecular weight excluding hydrogens is 246 g/mol. The molecule has 16 heavy (non-hydrogen) atoms. The van der Waals surface area contributed by atoms with Gasteiger partial charge < -0.3 is 15.2 Å². The highest BCUT2D eigenvalue weighted by atomic mass is 35.5. The summed E-state index contributed by atoms with van der Waals surface area (Å²) < 4.78 is 10.4. The van der Waals surface area contributed by atoms with Crippen LogP contribution in [0.15, 0.2) is 12.1 Å². The average molecular weight is 260 g/mol. The quantitative estimate of drug-likeness (QED) is 0.826.